The number of hydrogen-bond acceptors (Lipinski definition) is 6. The lowest BCUT2D eigenvalue weighted by Gasteiger charge is -2.07. The maximum absolute atomic E-state index is 11.8. The molecule has 0 aliphatic rings. The first-order chi connectivity index (χ1) is 12.1. The molecule has 0 heterocycles. The number of nitrogens with zero attached hydrogens (tertiary/aromatic N) is 1. The lowest BCUT2D eigenvalue weighted by atomic mass is 10.2. The van der Waals surface area contributed by atoms with Crippen molar-refractivity contribution in [3.63, 3.8) is 0 Å². The first kappa shape index (κ1) is 18.1. The van der Waals surface area contributed by atoms with E-state index in [1.807, 2.05) is 24.3 Å². The molecule has 2 aromatic carbocycles. The molecule has 0 fully saturated rings. The van der Waals surface area contributed by atoms with E-state index in [0.29, 0.717) is 11.5 Å². The van der Waals surface area contributed by atoms with Gasteiger partial charge in [0.1, 0.15) is 17.2 Å². The molecule has 1 amide bonds. The van der Waals surface area contributed by atoms with Gasteiger partial charge >= 0.3 is 0 Å². The van der Waals surface area contributed by atoms with Gasteiger partial charge in [-0.25, -0.2) is 5.43 Å². The number of carbonyl (C=O) groups excluding carboxylic acids is 1. The highest BCUT2D eigenvalue weighted by atomic mass is 16.5. The molecule has 2 aromatic rings. The number of nitrogens with one attached hydrogen (secondary N) is 2. The van der Waals surface area contributed by atoms with Crippen LogP contribution in [0.2, 0.25) is 0 Å². The zero-order valence-electron chi connectivity index (χ0n) is 14.4. The van der Waals surface area contributed by atoms with Crippen molar-refractivity contribution in [1.82, 2.24) is 5.43 Å². The van der Waals surface area contributed by atoms with Crippen LogP contribution in [0.4, 0.5) is 5.69 Å². The molecule has 0 bridgehead atoms. The van der Waals surface area contributed by atoms with Crippen LogP contribution >= 0.6 is 0 Å². The fourth-order valence-corrected chi connectivity index (χ4v) is 2.01. The largest absolute Gasteiger partial charge is 0.497 e. The van der Waals surface area contributed by atoms with Crippen LogP contribution in [-0.2, 0) is 4.79 Å². The van der Waals surface area contributed by atoms with Gasteiger partial charge < -0.3 is 19.5 Å². The van der Waals surface area contributed by atoms with Crippen LogP contribution in [0.3, 0.4) is 0 Å². The van der Waals surface area contributed by atoms with Crippen LogP contribution in [0, 0.1) is 0 Å². The third-order valence-electron chi connectivity index (χ3n) is 3.32. The molecule has 0 spiro atoms. The van der Waals surface area contributed by atoms with Gasteiger partial charge in [0.05, 0.1) is 34.1 Å². The van der Waals surface area contributed by atoms with Gasteiger partial charge in [-0.15, -0.1) is 0 Å². The molecule has 0 unspecified atom stereocenters. The molecule has 0 radical (unpaired) electrons. The van der Waals surface area contributed by atoms with Crippen LogP contribution in [-0.4, -0.2) is 40.0 Å². The fraction of sp³-hybridized carbons (Fsp3) is 0.222. The number of amides is 1. The third-order valence-corrected chi connectivity index (χ3v) is 3.32. The van der Waals surface area contributed by atoms with Crippen molar-refractivity contribution in [2.45, 2.75) is 0 Å². The molecule has 2 N–H and O–H groups in total. The van der Waals surface area contributed by atoms with Crippen molar-refractivity contribution in [2.24, 2.45) is 5.10 Å². The Balaban J connectivity index is 1.85. The molecule has 7 nitrogen and oxygen atoms in total. The Bertz CT molecular complexity index is 707. The van der Waals surface area contributed by atoms with Crippen LogP contribution in [0.15, 0.2) is 47.6 Å². The van der Waals surface area contributed by atoms with Gasteiger partial charge in [0.2, 0.25) is 0 Å². The molecule has 0 saturated carbocycles. The molecule has 7 heteroatoms. The smallest absolute Gasteiger partial charge is 0.259 e. The Morgan fingerprint density at radius 2 is 1.56 bits per heavy atom. The average Bonchev–Trinajstić information content (AvgIpc) is 2.66. The topological polar surface area (TPSA) is 81.2 Å². The normalized spacial score (nSPS) is 10.4. The van der Waals surface area contributed by atoms with Crippen molar-refractivity contribution >= 4 is 17.8 Å². The van der Waals surface area contributed by atoms with E-state index >= 15 is 0 Å². The average molecular weight is 343 g/mol. The standard InChI is InChI=1S/C18H21N3O4/c1-23-15-6-4-14(5-7-15)19-12-18(22)21-20-11-13-8-16(24-2)10-17(9-13)25-3/h4-11,19H,12H2,1-3H3,(H,21,22)/b20-11-. The number of rotatable bonds is 8. The van der Waals surface area contributed by atoms with Crippen LogP contribution in [0.25, 0.3) is 0 Å². The van der Waals surface area contributed by atoms with E-state index in [2.05, 4.69) is 15.8 Å². The molecule has 0 atom stereocenters. The van der Waals surface area contributed by atoms with E-state index in [1.54, 1.807) is 39.5 Å². The van der Waals surface area contributed by atoms with Gasteiger partial charge in [-0.1, -0.05) is 0 Å². The molecule has 0 aliphatic carbocycles. The number of carbonyl (C=O) groups is 1. The SMILES string of the molecule is COc1ccc(NCC(=O)N/N=C\c2cc(OC)cc(OC)c2)cc1. The van der Waals surface area contributed by atoms with Gasteiger partial charge in [0.15, 0.2) is 0 Å². The first-order valence-electron chi connectivity index (χ1n) is 7.57. The number of ether oxygens (including phenoxy) is 3. The second-order valence-electron chi connectivity index (χ2n) is 5.02. The number of methoxy groups -OCH3 is 3. The molecule has 2 rings (SSSR count). The molecular weight excluding hydrogens is 322 g/mol. The Kier molecular flexibility index (Phi) is 6.65. The maximum atomic E-state index is 11.8. The van der Waals surface area contributed by atoms with Gasteiger partial charge in [-0.05, 0) is 36.4 Å². The second kappa shape index (κ2) is 9.17. The van der Waals surface area contributed by atoms with Gasteiger partial charge in [-0.3, -0.25) is 4.79 Å². The lowest BCUT2D eigenvalue weighted by molar-refractivity contribution is -0.119. The lowest BCUT2D eigenvalue weighted by Crippen LogP contribution is -2.25. The molecular formula is C18H21N3O4. The van der Waals surface area contributed by atoms with E-state index < -0.39 is 0 Å². The minimum Gasteiger partial charge on any atom is -0.497 e. The highest BCUT2D eigenvalue weighted by Gasteiger charge is 2.02. The van der Waals surface area contributed by atoms with Gasteiger partial charge in [0.25, 0.3) is 5.91 Å². The zero-order valence-corrected chi connectivity index (χ0v) is 14.4. The van der Waals surface area contributed by atoms with E-state index in [0.717, 1.165) is 17.0 Å². The monoisotopic (exact) mass is 343 g/mol. The van der Waals surface area contributed by atoms with Gasteiger partial charge in [0, 0.05) is 17.3 Å². The summed E-state index contributed by atoms with van der Waals surface area (Å²) in [7, 11) is 4.75. The van der Waals surface area contributed by atoms with Crippen molar-refractivity contribution in [3.05, 3.63) is 48.0 Å². The fourth-order valence-electron chi connectivity index (χ4n) is 2.01. The van der Waals surface area contributed by atoms with Crippen LogP contribution < -0.4 is 25.0 Å². The molecule has 132 valence electrons. The summed E-state index contributed by atoms with van der Waals surface area (Å²) in [5, 5.41) is 6.94. The van der Waals surface area contributed by atoms with Crippen molar-refractivity contribution < 1.29 is 19.0 Å². The highest BCUT2D eigenvalue weighted by Crippen LogP contribution is 2.21. The van der Waals surface area contributed by atoms with Crippen molar-refractivity contribution in [2.75, 3.05) is 33.2 Å². The quantitative estimate of drug-likeness (QED) is 0.568. The van der Waals surface area contributed by atoms with Crippen LogP contribution in [0.5, 0.6) is 17.2 Å². The highest BCUT2D eigenvalue weighted by molar-refractivity contribution is 5.85. The Hall–Kier alpha value is -3.22. The van der Waals surface area contributed by atoms with Crippen molar-refractivity contribution in [3.8, 4) is 17.2 Å². The van der Waals surface area contributed by atoms with E-state index in [-0.39, 0.29) is 12.5 Å². The summed E-state index contributed by atoms with van der Waals surface area (Å²) in [6, 6.07) is 12.6. The molecule has 0 aromatic heterocycles. The van der Waals surface area contributed by atoms with E-state index in [4.69, 9.17) is 14.2 Å². The maximum Gasteiger partial charge on any atom is 0.259 e. The van der Waals surface area contributed by atoms with Crippen LogP contribution in [0.1, 0.15) is 5.56 Å². The minimum absolute atomic E-state index is 0.102. The zero-order chi connectivity index (χ0) is 18.1. The predicted molar refractivity (Wildman–Crippen MR) is 96.8 cm³/mol. The predicted octanol–water partition coefficient (Wildman–Crippen LogP) is 2.27. The summed E-state index contributed by atoms with van der Waals surface area (Å²) in [5.41, 5.74) is 4.03. The summed E-state index contributed by atoms with van der Waals surface area (Å²) in [4.78, 5) is 11.8. The number of hydrazone groups is 1. The first-order valence-corrected chi connectivity index (χ1v) is 7.57. The third kappa shape index (κ3) is 5.72. The Morgan fingerprint density at radius 1 is 0.960 bits per heavy atom. The summed E-state index contributed by atoms with van der Waals surface area (Å²) in [6.07, 6.45) is 1.52. The molecule has 0 aliphatic heterocycles. The summed E-state index contributed by atoms with van der Waals surface area (Å²) in [5.74, 6) is 1.79. The molecule has 0 saturated heterocycles. The summed E-state index contributed by atoms with van der Waals surface area (Å²) >= 11 is 0. The second-order valence-corrected chi connectivity index (χ2v) is 5.02. The number of anilines is 1. The van der Waals surface area contributed by atoms with Gasteiger partial charge in [-0.2, -0.15) is 5.10 Å². The summed E-state index contributed by atoms with van der Waals surface area (Å²) < 4.78 is 15.4. The number of hydrogen-bond donors (Lipinski definition) is 2. The summed E-state index contributed by atoms with van der Waals surface area (Å²) in [6.45, 7) is 0.102. The minimum atomic E-state index is -0.262. The Labute approximate surface area is 146 Å². The number of benzene rings is 2. The van der Waals surface area contributed by atoms with E-state index in [9.17, 15) is 4.79 Å². The molecule has 25 heavy (non-hydrogen) atoms. The van der Waals surface area contributed by atoms with E-state index in [1.165, 1.54) is 6.21 Å². The Morgan fingerprint density at radius 3 is 2.12 bits per heavy atom. The van der Waals surface area contributed by atoms with Crippen molar-refractivity contribution in [1.29, 1.82) is 0 Å².